The van der Waals surface area contributed by atoms with Gasteiger partial charge in [0.2, 0.25) is 11.8 Å². The Morgan fingerprint density at radius 3 is 2.70 bits per heavy atom. The van der Waals surface area contributed by atoms with E-state index in [1.54, 1.807) is 14.0 Å². The van der Waals surface area contributed by atoms with Crippen molar-refractivity contribution >= 4 is 29.1 Å². The summed E-state index contributed by atoms with van der Waals surface area (Å²) in [5.41, 5.74) is 1.01. The van der Waals surface area contributed by atoms with Crippen molar-refractivity contribution in [2.75, 3.05) is 31.6 Å². The first-order valence-corrected chi connectivity index (χ1v) is 10.6. The summed E-state index contributed by atoms with van der Waals surface area (Å²) in [5.74, 6) is 0.0161. The monoisotopic (exact) mass is 438 g/mol. The van der Waals surface area contributed by atoms with Crippen LogP contribution in [0.5, 0.6) is 5.75 Å². The van der Waals surface area contributed by atoms with E-state index < -0.39 is 11.9 Å². The van der Waals surface area contributed by atoms with E-state index in [4.69, 9.17) is 16.3 Å². The highest BCUT2D eigenvalue weighted by molar-refractivity contribution is 6.32. The van der Waals surface area contributed by atoms with E-state index in [-0.39, 0.29) is 23.8 Å². The number of hydrogen-bond acceptors (Lipinski definition) is 6. The molecule has 8 nitrogen and oxygen atoms in total. The van der Waals surface area contributed by atoms with Crippen LogP contribution in [-0.4, -0.2) is 66.5 Å². The van der Waals surface area contributed by atoms with Gasteiger partial charge in [-0.05, 0) is 38.8 Å². The topological polar surface area (TPSA) is 94.1 Å². The molecule has 2 saturated heterocycles. The van der Waals surface area contributed by atoms with Gasteiger partial charge in [0.1, 0.15) is 5.75 Å². The zero-order chi connectivity index (χ0) is 22.2. The zero-order valence-electron chi connectivity index (χ0n) is 18.2. The van der Waals surface area contributed by atoms with Gasteiger partial charge >= 0.3 is 0 Å². The molecule has 3 N–H and O–H groups in total. The molecule has 0 aliphatic carbocycles. The smallest absolute Gasteiger partial charge is 0.243 e. The molecular weight excluding hydrogens is 408 g/mol. The second kappa shape index (κ2) is 8.61. The molecule has 0 bridgehead atoms. The molecule has 0 spiro atoms. The summed E-state index contributed by atoms with van der Waals surface area (Å²) in [6.45, 7) is 9.45. The standard InChI is InChI=1S/C21H31ClN4O4/c1-12-8-15(9-16(30-5)17(12)22)26-7-6-25(11-14(26)3)18(27)13(2)10-21(4)19(28)23-20(29)24-21/h8-9,13-14,20,24,29H,6-7,10-11H2,1-5H3,(H,23,28)/t13-,14-,20?,21+/m0/s1. The maximum Gasteiger partial charge on any atom is 0.243 e. The molecule has 3 rings (SSSR count). The molecule has 0 radical (unpaired) electrons. The Hall–Kier alpha value is -2.03. The molecule has 4 atom stereocenters. The number of nitrogens with one attached hydrogen (secondary N) is 2. The number of methoxy groups -OCH3 is 1. The van der Waals surface area contributed by atoms with Crippen molar-refractivity contribution in [3.05, 3.63) is 22.7 Å². The van der Waals surface area contributed by atoms with Crippen LogP contribution in [0.1, 0.15) is 32.8 Å². The Bertz CT molecular complexity index is 835. The fourth-order valence-corrected chi connectivity index (χ4v) is 4.61. The molecular formula is C21H31ClN4O4. The second-order valence-corrected chi connectivity index (χ2v) is 8.94. The van der Waals surface area contributed by atoms with Gasteiger partial charge in [0.25, 0.3) is 0 Å². The van der Waals surface area contributed by atoms with Crippen molar-refractivity contribution in [1.82, 2.24) is 15.5 Å². The molecule has 2 aliphatic heterocycles. The molecule has 1 aromatic rings. The average molecular weight is 439 g/mol. The van der Waals surface area contributed by atoms with Crippen molar-refractivity contribution in [3.63, 3.8) is 0 Å². The van der Waals surface area contributed by atoms with Gasteiger partial charge in [0.05, 0.1) is 17.7 Å². The molecule has 30 heavy (non-hydrogen) atoms. The number of rotatable bonds is 5. The van der Waals surface area contributed by atoms with Gasteiger partial charge in [-0.15, -0.1) is 0 Å². The van der Waals surface area contributed by atoms with Crippen LogP contribution < -0.4 is 20.3 Å². The van der Waals surface area contributed by atoms with Crippen molar-refractivity contribution in [3.8, 4) is 5.75 Å². The molecule has 166 valence electrons. The number of benzene rings is 1. The minimum atomic E-state index is -1.08. The van der Waals surface area contributed by atoms with E-state index in [2.05, 4.69) is 22.5 Å². The maximum atomic E-state index is 13.1. The lowest BCUT2D eigenvalue weighted by Gasteiger charge is -2.42. The molecule has 1 unspecified atom stereocenters. The number of ether oxygens (including phenoxy) is 1. The Kier molecular flexibility index (Phi) is 6.50. The number of carbonyl (C=O) groups excluding carboxylic acids is 2. The van der Waals surface area contributed by atoms with Gasteiger partial charge in [-0.3, -0.25) is 14.9 Å². The van der Waals surface area contributed by atoms with Crippen LogP contribution in [0.4, 0.5) is 5.69 Å². The quantitative estimate of drug-likeness (QED) is 0.644. The summed E-state index contributed by atoms with van der Waals surface area (Å²) in [7, 11) is 1.60. The zero-order valence-corrected chi connectivity index (χ0v) is 18.9. The minimum Gasteiger partial charge on any atom is -0.495 e. The Balaban J connectivity index is 1.66. The van der Waals surface area contributed by atoms with Crippen LogP contribution in [0.25, 0.3) is 0 Å². The first-order valence-electron chi connectivity index (χ1n) is 10.2. The number of halogens is 1. The molecule has 2 aliphatic rings. The van der Waals surface area contributed by atoms with E-state index in [1.807, 2.05) is 30.9 Å². The van der Waals surface area contributed by atoms with Gasteiger partial charge in [0.15, 0.2) is 6.35 Å². The number of piperazine rings is 1. The number of anilines is 1. The van der Waals surface area contributed by atoms with E-state index in [9.17, 15) is 14.7 Å². The lowest BCUT2D eigenvalue weighted by molar-refractivity contribution is -0.137. The molecule has 2 amide bonds. The largest absolute Gasteiger partial charge is 0.495 e. The average Bonchev–Trinajstić information content (AvgIpc) is 2.94. The van der Waals surface area contributed by atoms with Crippen molar-refractivity contribution < 1.29 is 19.4 Å². The summed E-state index contributed by atoms with van der Waals surface area (Å²) >= 11 is 6.29. The van der Waals surface area contributed by atoms with Crippen LogP contribution >= 0.6 is 11.6 Å². The van der Waals surface area contributed by atoms with Gasteiger partial charge < -0.3 is 25.0 Å². The third kappa shape index (κ3) is 4.36. The molecule has 0 aromatic heterocycles. The summed E-state index contributed by atoms with van der Waals surface area (Å²) in [6.07, 6.45) is -0.759. The lowest BCUT2D eigenvalue weighted by atomic mass is 9.89. The molecule has 2 fully saturated rings. The third-order valence-electron chi connectivity index (χ3n) is 6.06. The SMILES string of the molecule is COc1cc(N2CCN(C(=O)[C@@H](C)C[C@@]3(C)NC(O)NC3=O)C[C@@H]2C)cc(C)c1Cl. The highest BCUT2D eigenvalue weighted by atomic mass is 35.5. The molecule has 1 aromatic carbocycles. The number of nitrogens with zero attached hydrogens (tertiary/aromatic N) is 2. The third-order valence-corrected chi connectivity index (χ3v) is 6.54. The summed E-state index contributed by atoms with van der Waals surface area (Å²) < 4.78 is 5.39. The van der Waals surface area contributed by atoms with Crippen LogP contribution in [0, 0.1) is 12.8 Å². The Morgan fingerprint density at radius 1 is 1.43 bits per heavy atom. The minimum absolute atomic E-state index is 0.0172. The molecule has 0 saturated carbocycles. The highest BCUT2D eigenvalue weighted by Gasteiger charge is 2.44. The predicted molar refractivity (Wildman–Crippen MR) is 116 cm³/mol. The van der Waals surface area contributed by atoms with Crippen LogP contribution in [-0.2, 0) is 9.59 Å². The second-order valence-electron chi connectivity index (χ2n) is 8.56. The fourth-order valence-electron chi connectivity index (χ4n) is 4.42. The van der Waals surface area contributed by atoms with Crippen LogP contribution in [0.15, 0.2) is 12.1 Å². The summed E-state index contributed by atoms with van der Waals surface area (Å²) in [6, 6.07) is 4.09. The Morgan fingerprint density at radius 2 is 2.13 bits per heavy atom. The number of aliphatic hydroxyl groups excluding tert-OH is 1. The fraction of sp³-hybridized carbons (Fsp3) is 0.619. The van der Waals surface area contributed by atoms with E-state index in [1.165, 1.54) is 0 Å². The predicted octanol–water partition coefficient (Wildman–Crippen LogP) is 1.47. The van der Waals surface area contributed by atoms with Gasteiger partial charge in [0, 0.05) is 43.3 Å². The van der Waals surface area contributed by atoms with Crippen LogP contribution in [0.2, 0.25) is 5.02 Å². The number of aryl methyl sites for hydroxylation is 1. The lowest BCUT2D eigenvalue weighted by Crippen LogP contribution is -2.56. The number of carbonyl (C=O) groups is 2. The molecule has 9 heteroatoms. The van der Waals surface area contributed by atoms with Crippen molar-refractivity contribution in [2.45, 2.75) is 52.0 Å². The van der Waals surface area contributed by atoms with E-state index >= 15 is 0 Å². The Labute approximate surface area is 182 Å². The first kappa shape index (κ1) is 22.7. The highest BCUT2D eigenvalue weighted by Crippen LogP contribution is 2.34. The number of amides is 2. The summed E-state index contributed by atoms with van der Waals surface area (Å²) in [5, 5.41) is 15.5. The van der Waals surface area contributed by atoms with Crippen molar-refractivity contribution in [1.29, 1.82) is 0 Å². The first-order chi connectivity index (χ1) is 14.1. The van der Waals surface area contributed by atoms with Gasteiger partial charge in [-0.25, -0.2) is 0 Å². The molecule has 2 heterocycles. The maximum absolute atomic E-state index is 13.1. The number of hydrogen-bond donors (Lipinski definition) is 3. The summed E-state index contributed by atoms with van der Waals surface area (Å²) in [4.78, 5) is 29.3. The van der Waals surface area contributed by atoms with E-state index in [0.29, 0.717) is 36.8 Å². The normalized spacial score (nSPS) is 27.8. The van der Waals surface area contributed by atoms with Crippen LogP contribution in [0.3, 0.4) is 0 Å². The van der Waals surface area contributed by atoms with Gasteiger partial charge in [-0.1, -0.05) is 18.5 Å². The number of aliphatic hydroxyl groups is 1. The van der Waals surface area contributed by atoms with Crippen molar-refractivity contribution in [2.24, 2.45) is 5.92 Å². The van der Waals surface area contributed by atoms with E-state index in [0.717, 1.165) is 11.3 Å². The van der Waals surface area contributed by atoms with Gasteiger partial charge in [-0.2, -0.15) is 0 Å².